The molecule has 1 heterocycles. The van der Waals surface area contributed by atoms with Crippen LogP contribution in [-0.4, -0.2) is 57.4 Å². The van der Waals surface area contributed by atoms with E-state index in [1.807, 2.05) is 0 Å². The minimum Gasteiger partial charge on any atom is -0.395 e. The van der Waals surface area contributed by atoms with Gasteiger partial charge in [-0.3, -0.25) is 0 Å². The quantitative estimate of drug-likeness (QED) is 0.303. The lowest BCUT2D eigenvalue weighted by atomic mass is 9.91. The molecule has 1 fully saturated rings. The number of rotatable bonds is 1. The normalized spacial score (nSPS) is 49.2. The highest BCUT2D eigenvalue weighted by molar-refractivity contribution is 4.96. The average molecular weight is 177 g/mol. The monoisotopic (exact) mass is 177 g/mol. The van der Waals surface area contributed by atoms with Crippen molar-refractivity contribution in [2.45, 2.75) is 37.3 Å². The van der Waals surface area contributed by atoms with Crippen LogP contribution in [0.4, 0.5) is 0 Å². The first kappa shape index (κ1) is 9.88. The smallest absolute Gasteiger partial charge is 0.109 e. The zero-order chi connectivity index (χ0) is 9.30. The third-order valence-corrected chi connectivity index (χ3v) is 2.30. The summed E-state index contributed by atoms with van der Waals surface area (Å²) in [6.07, 6.45) is -3.28. The SMILES string of the molecule is C[C@@H]1N[C@H](CO)[C@@H](O)[C@H](O)[C@H]1O. The summed E-state index contributed by atoms with van der Waals surface area (Å²) in [4.78, 5) is 0. The van der Waals surface area contributed by atoms with Crippen LogP contribution in [0, 0.1) is 0 Å². The summed E-state index contributed by atoms with van der Waals surface area (Å²) in [5, 5.41) is 39.4. The predicted molar refractivity (Wildman–Crippen MR) is 41.5 cm³/mol. The number of aliphatic hydroxyl groups is 4. The second-order valence-corrected chi connectivity index (χ2v) is 3.22. The zero-order valence-electron chi connectivity index (χ0n) is 6.88. The summed E-state index contributed by atoms with van der Waals surface area (Å²) >= 11 is 0. The molecule has 0 unspecified atom stereocenters. The standard InChI is InChI=1S/C7H15NO4/c1-3-5(10)7(12)6(11)4(2-9)8-3/h3-12H,2H2,1H3/t3-,4+,5-,6+,7+/m0/s1. The second kappa shape index (κ2) is 3.68. The summed E-state index contributed by atoms with van der Waals surface area (Å²) in [5.41, 5.74) is 0. The van der Waals surface area contributed by atoms with Gasteiger partial charge in [-0.2, -0.15) is 0 Å². The summed E-state index contributed by atoms with van der Waals surface area (Å²) in [6, 6.07) is -0.876. The van der Waals surface area contributed by atoms with E-state index in [1.165, 1.54) is 0 Å². The maximum absolute atomic E-state index is 9.29. The van der Waals surface area contributed by atoms with Gasteiger partial charge in [0.05, 0.1) is 24.9 Å². The molecule has 1 saturated heterocycles. The molecule has 12 heavy (non-hydrogen) atoms. The fourth-order valence-corrected chi connectivity index (χ4v) is 1.43. The highest BCUT2D eigenvalue weighted by atomic mass is 16.4. The molecule has 1 aliphatic heterocycles. The van der Waals surface area contributed by atoms with Crippen molar-refractivity contribution in [3.05, 3.63) is 0 Å². The Morgan fingerprint density at radius 1 is 1.08 bits per heavy atom. The first-order valence-corrected chi connectivity index (χ1v) is 3.99. The van der Waals surface area contributed by atoms with Crippen LogP contribution in [0.3, 0.4) is 0 Å². The fourth-order valence-electron chi connectivity index (χ4n) is 1.43. The molecule has 5 N–H and O–H groups in total. The summed E-state index contributed by atoms with van der Waals surface area (Å²) in [5.74, 6) is 0. The molecule has 5 heteroatoms. The molecule has 0 amide bonds. The molecule has 0 aliphatic carbocycles. The molecule has 5 nitrogen and oxygen atoms in total. The number of piperidine rings is 1. The highest BCUT2D eigenvalue weighted by Gasteiger charge is 2.39. The van der Waals surface area contributed by atoms with Crippen molar-refractivity contribution in [1.29, 1.82) is 0 Å². The third kappa shape index (κ3) is 1.60. The third-order valence-electron chi connectivity index (χ3n) is 2.30. The lowest BCUT2D eigenvalue weighted by Gasteiger charge is -2.39. The van der Waals surface area contributed by atoms with E-state index < -0.39 is 24.4 Å². The molecule has 0 saturated carbocycles. The maximum Gasteiger partial charge on any atom is 0.109 e. The molecule has 0 aromatic heterocycles. The first-order valence-electron chi connectivity index (χ1n) is 3.99. The summed E-state index contributed by atoms with van der Waals surface area (Å²) < 4.78 is 0. The Morgan fingerprint density at radius 3 is 2.17 bits per heavy atom. The molecule has 5 atom stereocenters. The Balaban J connectivity index is 2.63. The minimum absolute atomic E-state index is 0.255. The number of aliphatic hydroxyl groups excluding tert-OH is 4. The Hall–Kier alpha value is -0.200. The van der Waals surface area contributed by atoms with Crippen LogP contribution < -0.4 is 5.32 Å². The number of nitrogens with one attached hydrogen (secondary N) is 1. The zero-order valence-corrected chi connectivity index (χ0v) is 6.88. The van der Waals surface area contributed by atoms with Crippen LogP contribution in [0.15, 0.2) is 0 Å². The van der Waals surface area contributed by atoms with Crippen LogP contribution in [0.1, 0.15) is 6.92 Å². The Morgan fingerprint density at radius 2 is 1.67 bits per heavy atom. The maximum atomic E-state index is 9.29. The van der Waals surface area contributed by atoms with E-state index in [-0.39, 0.29) is 12.6 Å². The van der Waals surface area contributed by atoms with Gasteiger partial charge in [-0.25, -0.2) is 0 Å². The van der Waals surface area contributed by atoms with E-state index >= 15 is 0 Å². The molecular formula is C7H15NO4. The van der Waals surface area contributed by atoms with Crippen LogP contribution in [-0.2, 0) is 0 Å². The molecule has 72 valence electrons. The Bertz CT molecular complexity index is 150. The van der Waals surface area contributed by atoms with Crippen LogP contribution in [0.5, 0.6) is 0 Å². The van der Waals surface area contributed by atoms with Gasteiger partial charge in [0.2, 0.25) is 0 Å². The van der Waals surface area contributed by atoms with Gasteiger partial charge in [0.25, 0.3) is 0 Å². The van der Waals surface area contributed by atoms with Gasteiger partial charge in [-0.1, -0.05) is 0 Å². The number of hydrogen-bond acceptors (Lipinski definition) is 5. The first-order chi connectivity index (χ1) is 5.57. The van der Waals surface area contributed by atoms with E-state index in [0.717, 1.165) is 0 Å². The largest absolute Gasteiger partial charge is 0.395 e. The van der Waals surface area contributed by atoms with Crippen LogP contribution in [0.25, 0.3) is 0 Å². The molecule has 0 aromatic rings. The van der Waals surface area contributed by atoms with Gasteiger partial charge < -0.3 is 25.7 Å². The van der Waals surface area contributed by atoms with E-state index in [1.54, 1.807) is 6.92 Å². The Kier molecular flexibility index (Phi) is 3.03. The lowest BCUT2D eigenvalue weighted by molar-refractivity contribution is -0.116. The summed E-state index contributed by atoms with van der Waals surface area (Å²) in [6.45, 7) is 1.43. The van der Waals surface area contributed by atoms with Crippen molar-refractivity contribution in [3.63, 3.8) is 0 Å². The summed E-state index contributed by atoms with van der Waals surface area (Å²) in [7, 11) is 0. The average Bonchev–Trinajstić information content (AvgIpc) is 2.08. The Labute approximate surface area is 70.6 Å². The van der Waals surface area contributed by atoms with Gasteiger partial charge in [-0.15, -0.1) is 0 Å². The molecule has 0 radical (unpaired) electrons. The molecule has 0 aromatic carbocycles. The van der Waals surface area contributed by atoms with Crippen molar-refractivity contribution < 1.29 is 20.4 Å². The van der Waals surface area contributed by atoms with Gasteiger partial charge >= 0.3 is 0 Å². The molecule has 1 rings (SSSR count). The van der Waals surface area contributed by atoms with Gasteiger partial charge in [-0.05, 0) is 6.92 Å². The van der Waals surface area contributed by atoms with E-state index in [9.17, 15) is 15.3 Å². The van der Waals surface area contributed by atoms with E-state index in [4.69, 9.17) is 5.11 Å². The minimum atomic E-state index is -1.18. The fraction of sp³-hybridized carbons (Fsp3) is 1.00. The van der Waals surface area contributed by atoms with Crippen molar-refractivity contribution in [2.75, 3.05) is 6.61 Å². The van der Waals surface area contributed by atoms with Crippen LogP contribution >= 0.6 is 0 Å². The second-order valence-electron chi connectivity index (χ2n) is 3.22. The van der Waals surface area contributed by atoms with Crippen molar-refractivity contribution in [3.8, 4) is 0 Å². The van der Waals surface area contributed by atoms with E-state index in [0.29, 0.717) is 0 Å². The topological polar surface area (TPSA) is 93.0 Å². The van der Waals surface area contributed by atoms with Crippen molar-refractivity contribution in [1.82, 2.24) is 5.32 Å². The molecule has 0 bridgehead atoms. The van der Waals surface area contributed by atoms with Gasteiger partial charge in [0.15, 0.2) is 0 Å². The molecule has 0 spiro atoms. The molecule has 1 aliphatic rings. The van der Waals surface area contributed by atoms with Gasteiger partial charge in [0.1, 0.15) is 6.10 Å². The highest BCUT2D eigenvalue weighted by Crippen LogP contribution is 2.14. The number of hydrogen-bond donors (Lipinski definition) is 5. The van der Waals surface area contributed by atoms with Crippen LogP contribution in [0.2, 0.25) is 0 Å². The van der Waals surface area contributed by atoms with Crippen molar-refractivity contribution in [2.24, 2.45) is 0 Å². The van der Waals surface area contributed by atoms with E-state index in [2.05, 4.69) is 5.32 Å². The van der Waals surface area contributed by atoms with Crippen molar-refractivity contribution >= 4 is 0 Å². The lowest BCUT2D eigenvalue weighted by Crippen LogP contribution is -2.64. The molecular weight excluding hydrogens is 162 g/mol. The predicted octanol–water partition coefficient (Wildman–Crippen LogP) is -2.58. The van der Waals surface area contributed by atoms with Gasteiger partial charge in [0, 0.05) is 6.04 Å².